The monoisotopic (exact) mass is 362 g/mol. The highest BCUT2D eigenvalue weighted by atomic mass is 127. The second kappa shape index (κ2) is 4.06. The van der Waals surface area contributed by atoms with Gasteiger partial charge in [-0.1, -0.05) is 40.2 Å². The van der Waals surface area contributed by atoms with Gasteiger partial charge in [-0.3, -0.25) is 0 Å². The van der Waals surface area contributed by atoms with Gasteiger partial charge in [0.25, 0.3) is 0 Å². The Balaban J connectivity index is 2.87. The van der Waals surface area contributed by atoms with E-state index in [2.05, 4.69) is 50.7 Å². The van der Waals surface area contributed by atoms with Gasteiger partial charge in [0, 0.05) is 4.47 Å². The smallest absolute Gasteiger partial charge is 0.133 e. The molecule has 0 amide bonds. The van der Waals surface area contributed by atoms with Gasteiger partial charge < -0.3 is 4.74 Å². The number of rotatable bonds is 1. The first-order chi connectivity index (χ1) is 6.74. The highest BCUT2D eigenvalue weighted by Crippen LogP contribution is 2.34. The highest BCUT2D eigenvalue weighted by molar-refractivity contribution is 14.1. The fraction of sp³-hybridized carbons (Fsp3) is 0.0909. The Bertz CT molecular complexity index is 482. The summed E-state index contributed by atoms with van der Waals surface area (Å²) in [7, 11) is 1.69. The minimum Gasteiger partial charge on any atom is -0.496 e. The van der Waals surface area contributed by atoms with E-state index in [0.29, 0.717) is 0 Å². The van der Waals surface area contributed by atoms with Crippen LogP contribution in [-0.2, 0) is 0 Å². The molecule has 0 radical (unpaired) electrons. The zero-order valence-corrected chi connectivity index (χ0v) is 11.3. The summed E-state index contributed by atoms with van der Waals surface area (Å²) in [5.74, 6) is 0.913. The van der Waals surface area contributed by atoms with Gasteiger partial charge in [0.2, 0.25) is 0 Å². The lowest BCUT2D eigenvalue weighted by Gasteiger charge is -2.08. The fourth-order valence-electron chi connectivity index (χ4n) is 1.42. The van der Waals surface area contributed by atoms with Crippen molar-refractivity contribution in [2.24, 2.45) is 0 Å². The van der Waals surface area contributed by atoms with E-state index in [9.17, 15) is 0 Å². The largest absolute Gasteiger partial charge is 0.496 e. The minimum atomic E-state index is 0.913. The first-order valence-corrected chi connectivity index (χ1v) is 6.02. The lowest BCUT2D eigenvalue weighted by atomic mass is 10.1. The Labute approximate surface area is 105 Å². The number of hydrogen-bond acceptors (Lipinski definition) is 1. The van der Waals surface area contributed by atoms with Gasteiger partial charge in [0.15, 0.2) is 0 Å². The molecular formula is C11H8BrIO. The van der Waals surface area contributed by atoms with Crippen molar-refractivity contribution in [3.05, 3.63) is 38.4 Å². The van der Waals surface area contributed by atoms with Crippen LogP contribution in [-0.4, -0.2) is 7.11 Å². The number of methoxy groups -OCH3 is 1. The molecule has 2 aromatic rings. The summed E-state index contributed by atoms with van der Waals surface area (Å²) < 4.78 is 7.53. The molecule has 2 rings (SSSR count). The van der Waals surface area contributed by atoms with Crippen LogP contribution >= 0.6 is 38.5 Å². The van der Waals surface area contributed by atoms with E-state index in [1.54, 1.807) is 7.11 Å². The van der Waals surface area contributed by atoms with Crippen molar-refractivity contribution in [3.63, 3.8) is 0 Å². The quantitative estimate of drug-likeness (QED) is 0.690. The Morgan fingerprint density at radius 2 is 1.86 bits per heavy atom. The molecule has 0 bridgehead atoms. The normalized spacial score (nSPS) is 10.5. The van der Waals surface area contributed by atoms with Gasteiger partial charge in [-0.15, -0.1) is 0 Å². The lowest BCUT2D eigenvalue weighted by molar-refractivity contribution is 0.412. The van der Waals surface area contributed by atoms with Crippen LogP contribution in [0.15, 0.2) is 34.8 Å². The van der Waals surface area contributed by atoms with Gasteiger partial charge in [0.1, 0.15) is 5.75 Å². The van der Waals surface area contributed by atoms with Crippen LogP contribution in [0, 0.1) is 3.57 Å². The topological polar surface area (TPSA) is 9.23 Å². The standard InChI is InChI=1S/C11H8BrIO/c1-14-10-6-9(12)7-4-2-3-5-8(7)11(10)13/h2-6H,1H3. The molecule has 0 heterocycles. The lowest BCUT2D eigenvalue weighted by Crippen LogP contribution is -1.88. The molecular weight excluding hydrogens is 355 g/mol. The number of ether oxygens (including phenoxy) is 1. The van der Waals surface area contributed by atoms with E-state index in [1.165, 1.54) is 10.8 Å². The molecule has 0 fully saturated rings. The van der Waals surface area contributed by atoms with Crippen LogP contribution in [0.1, 0.15) is 0 Å². The Hall–Kier alpha value is -0.290. The molecule has 0 unspecified atom stereocenters. The van der Waals surface area contributed by atoms with Crippen molar-refractivity contribution in [1.82, 2.24) is 0 Å². The van der Waals surface area contributed by atoms with Crippen molar-refractivity contribution in [3.8, 4) is 5.75 Å². The van der Waals surface area contributed by atoms with Crippen molar-refractivity contribution >= 4 is 49.3 Å². The second-order valence-corrected chi connectivity index (χ2v) is 4.85. The van der Waals surface area contributed by atoms with E-state index < -0.39 is 0 Å². The first-order valence-electron chi connectivity index (χ1n) is 4.15. The molecule has 1 nitrogen and oxygen atoms in total. The number of hydrogen-bond donors (Lipinski definition) is 0. The highest BCUT2D eigenvalue weighted by Gasteiger charge is 2.07. The van der Waals surface area contributed by atoms with Crippen LogP contribution in [0.5, 0.6) is 5.75 Å². The van der Waals surface area contributed by atoms with Gasteiger partial charge >= 0.3 is 0 Å². The van der Waals surface area contributed by atoms with Crippen molar-refractivity contribution in [1.29, 1.82) is 0 Å². The number of halogens is 2. The molecule has 0 aliphatic rings. The summed E-state index contributed by atoms with van der Waals surface area (Å²) in [6.45, 7) is 0. The van der Waals surface area contributed by atoms with E-state index in [1.807, 2.05) is 18.2 Å². The SMILES string of the molecule is COc1cc(Br)c2ccccc2c1I. The summed E-state index contributed by atoms with van der Waals surface area (Å²) in [6.07, 6.45) is 0. The Morgan fingerprint density at radius 1 is 1.21 bits per heavy atom. The molecule has 72 valence electrons. The van der Waals surface area contributed by atoms with Crippen LogP contribution < -0.4 is 4.74 Å². The molecule has 0 saturated heterocycles. The molecule has 0 atom stereocenters. The van der Waals surface area contributed by atoms with Crippen molar-refractivity contribution in [2.45, 2.75) is 0 Å². The maximum atomic E-state index is 5.30. The number of benzene rings is 2. The third-order valence-corrected chi connectivity index (χ3v) is 3.88. The summed E-state index contributed by atoms with van der Waals surface area (Å²) in [4.78, 5) is 0. The molecule has 0 spiro atoms. The molecule has 14 heavy (non-hydrogen) atoms. The molecule has 0 aromatic heterocycles. The minimum absolute atomic E-state index is 0.913. The average molecular weight is 363 g/mol. The summed E-state index contributed by atoms with van der Waals surface area (Å²) in [5, 5.41) is 2.44. The van der Waals surface area contributed by atoms with Crippen molar-refractivity contribution in [2.75, 3.05) is 7.11 Å². The fourth-order valence-corrected chi connectivity index (χ4v) is 2.82. The van der Waals surface area contributed by atoms with E-state index in [0.717, 1.165) is 13.8 Å². The van der Waals surface area contributed by atoms with E-state index >= 15 is 0 Å². The molecule has 2 aromatic carbocycles. The molecule has 0 saturated carbocycles. The molecule has 0 N–H and O–H groups in total. The van der Waals surface area contributed by atoms with Crippen LogP contribution in [0.4, 0.5) is 0 Å². The predicted molar refractivity (Wildman–Crippen MR) is 70.9 cm³/mol. The third kappa shape index (κ3) is 1.63. The number of fused-ring (bicyclic) bond motifs is 1. The first kappa shape index (κ1) is 10.2. The van der Waals surface area contributed by atoms with Gasteiger partial charge in [-0.05, 0) is 39.4 Å². The third-order valence-electron chi connectivity index (χ3n) is 2.11. The van der Waals surface area contributed by atoms with Gasteiger partial charge in [-0.25, -0.2) is 0 Å². The van der Waals surface area contributed by atoms with Gasteiger partial charge in [-0.2, -0.15) is 0 Å². The maximum absolute atomic E-state index is 5.30. The maximum Gasteiger partial charge on any atom is 0.133 e. The van der Waals surface area contributed by atoms with Crippen LogP contribution in [0.25, 0.3) is 10.8 Å². The second-order valence-electron chi connectivity index (χ2n) is 2.92. The van der Waals surface area contributed by atoms with Crippen LogP contribution in [0.2, 0.25) is 0 Å². The zero-order chi connectivity index (χ0) is 10.1. The van der Waals surface area contributed by atoms with Crippen LogP contribution in [0.3, 0.4) is 0 Å². The van der Waals surface area contributed by atoms with E-state index in [-0.39, 0.29) is 0 Å². The Morgan fingerprint density at radius 3 is 2.50 bits per heavy atom. The summed E-state index contributed by atoms with van der Waals surface area (Å²) >= 11 is 5.85. The zero-order valence-electron chi connectivity index (χ0n) is 7.55. The van der Waals surface area contributed by atoms with Crippen molar-refractivity contribution < 1.29 is 4.74 Å². The van der Waals surface area contributed by atoms with E-state index in [4.69, 9.17) is 4.74 Å². The predicted octanol–water partition coefficient (Wildman–Crippen LogP) is 4.22. The van der Waals surface area contributed by atoms with Gasteiger partial charge in [0.05, 0.1) is 10.7 Å². The summed E-state index contributed by atoms with van der Waals surface area (Å²) in [6, 6.07) is 10.3. The summed E-state index contributed by atoms with van der Waals surface area (Å²) in [5.41, 5.74) is 0. The molecule has 3 heteroatoms. The average Bonchev–Trinajstić information content (AvgIpc) is 2.23. The molecule has 0 aliphatic carbocycles. The Kier molecular flexibility index (Phi) is 2.97. The molecule has 0 aliphatic heterocycles.